The lowest BCUT2D eigenvalue weighted by Crippen LogP contribution is -2.14. The summed E-state index contributed by atoms with van der Waals surface area (Å²) in [5.41, 5.74) is 4.16. The third-order valence-electron chi connectivity index (χ3n) is 7.86. The molecule has 7 nitrogen and oxygen atoms in total. The van der Waals surface area contributed by atoms with Gasteiger partial charge in [0.05, 0.1) is 43.8 Å². The van der Waals surface area contributed by atoms with Crippen molar-refractivity contribution in [1.29, 1.82) is 0 Å². The highest BCUT2D eigenvalue weighted by Gasteiger charge is 2.35. The lowest BCUT2D eigenvalue weighted by Gasteiger charge is -2.18. The molecule has 1 aliphatic heterocycles. The Labute approximate surface area is 238 Å². The number of aromatic nitrogens is 1. The standard InChI is InChI=1S/C34H32N2O5/c1-36-16-10-15-25(32(37)27-17-22-18-29(38-2)33(39-3)34(40-4)30(22)35-27)26-19-28(41-20-21-11-6-5-7-12-21)23-13-8-9-14-24(23)31(26)36/h5-9,11-14,17-19,25H,1,10,15-16,20H2,2-4H3/p+1. The minimum Gasteiger partial charge on any atom is -0.493 e. The normalized spacial score (nSPS) is 14.9. The van der Waals surface area contributed by atoms with Crippen molar-refractivity contribution in [2.45, 2.75) is 25.4 Å². The number of ether oxygens (including phenoxy) is 4. The second-order valence-electron chi connectivity index (χ2n) is 10.2. The number of Topliss-reactive ketones (excluding diaryl/α,β-unsaturated/α-hetero) is 1. The maximum atomic E-state index is 14.3. The van der Waals surface area contributed by atoms with Gasteiger partial charge >= 0.3 is 0 Å². The number of hydrogen-bond donors (Lipinski definition) is 1. The summed E-state index contributed by atoms with van der Waals surface area (Å²) in [4.78, 5) is 17.6. The summed E-state index contributed by atoms with van der Waals surface area (Å²) in [5, 5.41) is 2.83. The Hall–Kier alpha value is -4.78. The van der Waals surface area contributed by atoms with Gasteiger partial charge in [0.25, 0.3) is 0 Å². The SMILES string of the molecule is C=[N+]1CCCC(C(=O)c2cc3cc(OC)c(OC)c(OC)c3[nH]2)c2cc(OCc3ccccc3)c3ccccc3c21. The topological polar surface area (TPSA) is 72.8 Å². The molecule has 4 aromatic carbocycles. The molecule has 2 heterocycles. The number of carbonyl (C=O) groups excluding carboxylic acids is 1. The Bertz CT molecular complexity index is 1770. The van der Waals surface area contributed by atoms with Crippen LogP contribution in [0.4, 0.5) is 5.69 Å². The number of nitrogens with zero attached hydrogens (tertiary/aromatic N) is 1. The van der Waals surface area contributed by atoms with Crippen molar-refractivity contribution in [3.05, 3.63) is 89.6 Å². The maximum absolute atomic E-state index is 14.3. The summed E-state index contributed by atoms with van der Waals surface area (Å²) in [5.74, 6) is 1.87. The average Bonchev–Trinajstić information content (AvgIpc) is 3.37. The molecule has 6 rings (SSSR count). The fourth-order valence-electron chi connectivity index (χ4n) is 5.91. The minimum absolute atomic E-state index is 0.00188. The number of H-pyrrole nitrogens is 1. The Morgan fingerprint density at radius 2 is 1.63 bits per heavy atom. The van der Waals surface area contributed by atoms with Gasteiger partial charge in [-0.1, -0.05) is 48.5 Å². The van der Waals surface area contributed by atoms with Gasteiger partial charge in [-0.2, -0.15) is 0 Å². The lowest BCUT2D eigenvalue weighted by molar-refractivity contribution is -0.429. The summed E-state index contributed by atoms with van der Waals surface area (Å²) >= 11 is 0. The summed E-state index contributed by atoms with van der Waals surface area (Å²) in [6.07, 6.45) is 1.52. The molecule has 5 aromatic rings. The van der Waals surface area contributed by atoms with Crippen LogP contribution in [0.2, 0.25) is 0 Å². The molecule has 0 saturated heterocycles. The molecule has 0 radical (unpaired) electrons. The Kier molecular flexibility index (Phi) is 7.10. The molecule has 0 aliphatic carbocycles. The van der Waals surface area contributed by atoms with Crippen LogP contribution in [-0.4, -0.2) is 49.9 Å². The van der Waals surface area contributed by atoms with Gasteiger partial charge in [0.1, 0.15) is 25.6 Å². The Balaban J connectivity index is 1.47. The van der Waals surface area contributed by atoms with Crippen LogP contribution in [0.3, 0.4) is 0 Å². The van der Waals surface area contributed by atoms with Crippen LogP contribution in [-0.2, 0) is 6.61 Å². The fourth-order valence-corrected chi connectivity index (χ4v) is 5.91. The smallest absolute Gasteiger partial charge is 0.216 e. The number of aromatic amines is 1. The molecule has 1 aliphatic rings. The van der Waals surface area contributed by atoms with Gasteiger partial charge in [-0.05, 0) is 36.2 Å². The molecule has 1 N–H and O–H groups in total. The first-order valence-corrected chi connectivity index (χ1v) is 13.7. The van der Waals surface area contributed by atoms with Gasteiger partial charge in [-0.25, -0.2) is 4.58 Å². The van der Waals surface area contributed by atoms with Gasteiger partial charge in [-0.3, -0.25) is 4.79 Å². The number of rotatable bonds is 8. The molecule has 1 aromatic heterocycles. The number of ketones is 1. The summed E-state index contributed by atoms with van der Waals surface area (Å²) in [7, 11) is 4.72. The van der Waals surface area contributed by atoms with Crippen molar-refractivity contribution >= 4 is 39.9 Å². The summed E-state index contributed by atoms with van der Waals surface area (Å²) in [6, 6.07) is 24.0. The Morgan fingerprint density at radius 1 is 0.902 bits per heavy atom. The van der Waals surface area contributed by atoms with E-state index in [0.717, 1.165) is 51.7 Å². The Morgan fingerprint density at radius 3 is 2.37 bits per heavy atom. The van der Waals surface area contributed by atoms with Crippen molar-refractivity contribution in [2.75, 3.05) is 27.9 Å². The van der Waals surface area contributed by atoms with Gasteiger partial charge in [0, 0.05) is 22.8 Å². The zero-order valence-corrected chi connectivity index (χ0v) is 23.5. The molecular formula is C34H33N2O5+. The van der Waals surface area contributed by atoms with Crippen LogP contribution in [0.5, 0.6) is 23.0 Å². The molecular weight excluding hydrogens is 516 g/mol. The minimum atomic E-state index is -0.386. The number of fused-ring (bicyclic) bond motifs is 4. The monoisotopic (exact) mass is 549 g/mol. The van der Waals surface area contributed by atoms with E-state index < -0.39 is 0 Å². The molecule has 1 unspecified atom stereocenters. The van der Waals surface area contributed by atoms with E-state index in [-0.39, 0.29) is 11.7 Å². The average molecular weight is 550 g/mol. The summed E-state index contributed by atoms with van der Waals surface area (Å²) < 4.78 is 25.2. The van der Waals surface area contributed by atoms with E-state index in [4.69, 9.17) is 18.9 Å². The van der Waals surface area contributed by atoms with E-state index in [0.29, 0.717) is 41.5 Å². The second-order valence-corrected chi connectivity index (χ2v) is 10.2. The highest BCUT2D eigenvalue weighted by atomic mass is 16.5. The molecule has 0 bridgehead atoms. The maximum Gasteiger partial charge on any atom is 0.216 e. The third kappa shape index (κ3) is 4.67. The number of nitrogens with one attached hydrogen (secondary N) is 1. The third-order valence-corrected chi connectivity index (χ3v) is 7.86. The van der Waals surface area contributed by atoms with Crippen LogP contribution in [0.15, 0.2) is 72.8 Å². The van der Waals surface area contributed by atoms with Crippen molar-refractivity contribution in [3.8, 4) is 23.0 Å². The number of hydrogen-bond acceptors (Lipinski definition) is 5. The predicted octanol–water partition coefficient (Wildman–Crippen LogP) is 7.03. The molecule has 0 saturated carbocycles. The van der Waals surface area contributed by atoms with Crippen molar-refractivity contribution < 1.29 is 28.3 Å². The lowest BCUT2D eigenvalue weighted by atomic mass is 9.87. The highest BCUT2D eigenvalue weighted by molar-refractivity contribution is 6.07. The molecule has 41 heavy (non-hydrogen) atoms. The van der Waals surface area contributed by atoms with Crippen molar-refractivity contribution in [3.63, 3.8) is 0 Å². The largest absolute Gasteiger partial charge is 0.493 e. The second kappa shape index (κ2) is 11.0. The summed E-state index contributed by atoms with van der Waals surface area (Å²) in [6.45, 7) is 5.55. The fraction of sp³-hybridized carbons (Fsp3) is 0.235. The van der Waals surface area contributed by atoms with Crippen LogP contribution in [0, 0.1) is 0 Å². The molecule has 7 heteroatoms. The van der Waals surface area contributed by atoms with Gasteiger partial charge < -0.3 is 23.9 Å². The van der Waals surface area contributed by atoms with Crippen LogP contribution in [0.25, 0.3) is 21.7 Å². The molecule has 1 atom stereocenters. The predicted molar refractivity (Wildman–Crippen MR) is 161 cm³/mol. The van der Waals surface area contributed by atoms with Crippen LogP contribution in [0.1, 0.15) is 40.4 Å². The first-order chi connectivity index (χ1) is 20.0. The van der Waals surface area contributed by atoms with E-state index >= 15 is 0 Å². The van der Waals surface area contributed by atoms with Crippen molar-refractivity contribution in [2.24, 2.45) is 0 Å². The zero-order chi connectivity index (χ0) is 28.5. The molecule has 0 fully saturated rings. The highest BCUT2D eigenvalue weighted by Crippen LogP contribution is 2.46. The van der Waals surface area contributed by atoms with Gasteiger partial charge in [0.15, 0.2) is 17.3 Å². The van der Waals surface area contributed by atoms with E-state index in [9.17, 15) is 4.79 Å². The molecule has 0 spiro atoms. The van der Waals surface area contributed by atoms with Crippen molar-refractivity contribution in [1.82, 2.24) is 4.98 Å². The van der Waals surface area contributed by atoms with Crippen LogP contribution >= 0.6 is 0 Å². The van der Waals surface area contributed by atoms with Gasteiger partial charge in [-0.15, -0.1) is 0 Å². The first kappa shape index (κ1) is 26.4. The van der Waals surface area contributed by atoms with E-state index in [1.165, 1.54) is 0 Å². The van der Waals surface area contributed by atoms with E-state index in [2.05, 4.69) is 23.8 Å². The molecule has 0 amide bonds. The van der Waals surface area contributed by atoms with E-state index in [1.54, 1.807) is 21.3 Å². The first-order valence-electron chi connectivity index (χ1n) is 13.7. The number of methoxy groups -OCH3 is 3. The molecule has 208 valence electrons. The zero-order valence-electron chi connectivity index (χ0n) is 23.5. The number of carbonyl (C=O) groups is 1. The van der Waals surface area contributed by atoms with Gasteiger partial charge in [0.2, 0.25) is 11.4 Å². The number of benzene rings is 4. The van der Waals surface area contributed by atoms with Crippen LogP contribution < -0.4 is 18.9 Å². The quantitative estimate of drug-likeness (QED) is 0.166. The van der Waals surface area contributed by atoms with E-state index in [1.807, 2.05) is 65.2 Å².